The number of carbonyl (C=O) groups is 2. The zero-order valence-corrected chi connectivity index (χ0v) is 17.5. The van der Waals surface area contributed by atoms with Crippen LogP contribution < -0.4 is 5.73 Å². The lowest BCUT2D eigenvalue weighted by Gasteiger charge is -2.05. The number of hydrogen-bond acceptors (Lipinski definition) is 9. The Morgan fingerprint density at radius 3 is 2.79 bits per heavy atom. The molecule has 0 aliphatic rings. The molecule has 2 N–H and O–H groups in total. The predicted octanol–water partition coefficient (Wildman–Crippen LogP) is 4.51. The lowest BCUT2D eigenvalue weighted by Crippen LogP contribution is -2.10. The van der Waals surface area contributed by atoms with Crippen LogP contribution in [0.1, 0.15) is 38.2 Å². The minimum absolute atomic E-state index is 0.101. The van der Waals surface area contributed by atoms with Gasteiger partial charge in [-0.15, -0.1) is 22.7 Å². The second kappa shape index (κ2) is 9.05. The summed E-state index contributed by atoms with van der Waals surface area (Å²) in [6, 6.07) is 9.05. The summed E-state index contributed by atoms with van der Waals surface area (Å²) in [7, 11) is 0. The van der Waals surface area contributed by atoms with E-state index in [1.54, 1.807) is 30.5 Å². The van der Waals surface area contributed by atoms with Crippen LogP contribution in [-0.4, -0.2) is 23.5 Å². The van der Waals surface area contributed by atoms with Crippen LogP contribution in [0.5, 0.6) is 0 Å². The second-order valence-corrected chi connectivity index (χ2v) is 7.95. The number of anilines is 1. The van der Waals surface area contributed by atoms with Crippen molar-refractivity contribution in [2.75, 3.05) is 12.3 Å². The quantitative estimate of drug-likeness (QED) is 0.552. The third-order valence-corrected chi connectivity index (χ3v) is 5.91. The number of hydrogen-bond donors (Lipinski definition) is 1. The third kappa shape index (κ3) is 4.56. The Bertz CT molecular complexity index is 1120. The molecule has 0 radical (unpaired) electrons. The molecule has 0 saturated carbocycles. The molecule has 2 heterocycles. The van der Waals surface area contributed by atoms with E-state index in [4.69, 9.17) is 26.8 Å². The van der Waals surface area contributed by atoms with Gasteiger partial charge in [0.2, 0.25) is 0 Å². The van der Waals surface area contributed by atoms with Crippen molar-refractivity contribution < 1.29 is 19.1 Å². The summed E-state index contributed by atoms with van der Waals surface area (Å²) in [5.41, 5.74) is 7.04. The fourth-order valence-electron chi connectivity index (χ4n) is 2.44. The van der Waals surface area contributed by atoms with Gasteiger partial charge in [0, 0.05) is 21.5 Å². The van der Waals surface area contributed by atoms with Crippen LogP contribution in [0.15, 0.2) is 29.6 Å². The molecule has 0 unspecified atom stereocenters. The average Bonchev–Trinajstić information content (AvgIpc) is 3.31. The van der Waals surface area contributed by atoms with Crippen LogP contribution in [0.4, 0.5) is 5.00 Å². The Balaban J connectivity index is 1.78. The Morgan fingerprint density at radius 1 is 1.31 bits per heavy atom. The number of thiazole rings is 1. The molecule has 7 nitrogen and oxygen atoms in total. The summed E-state index contributed by atoms with van der Waals surface area (Å²) in [6.45, 7) is 1.54. The number of aromatic nitrogens is 1. The smallest absolute Gasteiger partial charge is 0.358 e. The summed E-state index contributed by atoms with van der Waals surface area (Å²) < 4.78 is 10.3. The zero-order valence-electron chi connectivity index (χ0n) is 15.1. The Morgan fingerprint density at radius 2 is 2.10 bits per heavy atom. The normalized spacial score (nSPS) is 10.4. The van der Waals surface area contributed by atoms with Gasteiger partial charge in [-0.05, 0) is 19.1 Å². The van der Waals surface area contributed by atoms with Gasteiger partial charge in [-0.3, -0.25) is 0 Å². The molecule has 0 amide bonds. The van der Waals surface area contributed by atoms with Crippen LogP contribution in [0.25, 0.3) is 10.6 Å². The van der Waals surface area contributed by atoms with E-state index in [1.807, 2.05) is 12.1 Å². The monoisotopic (exact) mass is 447 g/mol. The molecule has 148 valence electrons. The molecule has 1 aromatic carbocycles. The number of nitrogen functional groups attached to an aromatic ring is 1. The number of rotatable bonds is 6. The van der Waals surface area contributed by atoms with Crippen LogP contribution in [0.2, 0.25) is 5.02 Å². The fraction of sp³-hybridized carbons (Fsp3) is 0.158. The molecule has 0 atom stereocenters. The minimum Gasteiger partial charge on any atom is -0.462 e. The van der Waals surface area contributed by atoms with E-state index < -0.39 is 11.9 Å². The highest BCUT2D eigenvalue weighted by molar-refractivity contribution is 7.18. The van der Waals surface area contributed by atoms with Gasteiger partial charge >= 0.3 is 11.9 Å². The molecule has 0 fully saturated rings. The first kappa shape index (κ1) is 20.8. The predicted molar refractivity (Wildman–Crippen MR) is 111 cm³/mol. The van der Waals surface area contributed by atoms with E-state index in [2.05, 4.69) is 4.98 Å². The molecule has 3 rings (SSSR count). The standard InChI is InChI=1S/C19H14ClN3O4S2/c1-2-26-19(25)15-13(12(7-21)16(22)29-15)8-27-18(24)14-9-28-17(23-14)10-4-3-5-11(20)6-10/h3-6,9H,2,8,22H2,1H3. The van der Waals surface area contributed by atoms with Crippen molar-refractivity contribution in [2.45, 2.75) is 13.5 Å². The van der Waals surface area contributed by atoms with E-state index in [0.29, 0.717) is 10.0 Å². The van der Waals surface area contributed by atoms with E-state index in [0.717, 1.165) is 16.9 Å². The molecule has 0 bridgehead atoms. The summed E-state index contributed by atoms with van der Waals surface area (Å²) >= 11 is 8.19. The molecule has 10 heteroatoms. The second-order valence-electron chi connectivity index (χ2n) is 5.61. The zero-order chi connectivity index (χ0) is 21.0. The molecular weight excluding hydrogens is 434 g/mol. The van der Waals surface area contributed by atoms with Crippen molar-refractivity contribution in [1.82, 2.24) is 4.98 Å². The van der Waals surface area contributed by atoms with Gasteiger partial charge in [-0.2, -0.15) is 5.26 Å². The first-order valence-electron chi connectivity index (χ1n) is 8.31. The maximum absolute atomic E-state index is 12.4. The van der Waals surface area contributed by atoms with Gasteiger partial charge in [-0.25, -0.2) is 14.6 Å². The molecule has 0 saturated heterocycles. The van der Waals surface area contributed by atoms with Gasteiger partial charge in [0.05, 0.1) is 12.2 Å². The lowest BCUT2D eigenvalue weighted by atomic mass is 10.1. The number of halogens is 1. The van der Waals surface area contributed by atoms with Crippen molar-refractivity contribution in [1.29, 1.82) is 5.26 Å². The number of ether oxygens (including phenoxy) is 2. The molecular formula is C19H14ClN3O4S2. The Labute approximate surface area is 179 Å². The molecule has 3 aromatic rings. The summed E-state index contributed by atoms with van der Waals surface area (Å²) in [6.07, 6.45) is 0. The maximum atomic E-state index is 12.4. The van der Waals surface area contributed by atoms with Crippen molar-refractivity contribution in [2.24, 2.45) is 0 Å². The Hall–Kier alpha value is -2.93. The number of esters is 2. The van der Waals surface area contributed by atoms with E-state index >= 15 is 0 Å². The number of carbonyl (C=O) groups excluding carboxylic acids is 2. The van der Waals surface area contributed by atoms with Crippen LogP contribution in [-0.2, 0) is 16.1 Å². The van der Waals surface area contributed by atoms with Gasteiger partial charge in [0.15, 0.2) is 5.69 Å². The fourth-order valence-corrected chi connectivity index (χ4v) is 4.33. The molecule has 2 aromatic heterocycles. The number of thiophene rings is 1. The van der Waals surface area contributed by atoms with Crippen molar-refractivity contribution in [3.63, 3.8) is 0 Å². The lowest BCUT2D eigenvalue weighted by molar-refractivity contribution is 0.0448. The highest BCUT2D eigenvalue weighted by Crippen LogP contribution is 2.32. The number of nitriles is 1. The van der Waals surface area contributed by atoms with Crippen molar-refractivity contribution in [3.05, 3.63) is 56.4 Å². The first-order valence-corrected chi connectivity index (χ1v) is 10.4. The van der Waals surface area contributed by atoms with Crippen LogP contribution >= 0.6 is 34.3 Å². The average molecular weight is 448 g/mol. The summed E-state index contributed by atoms with van der Waals surface area (Å²) in [5, 5.41) is 12.2. The van der Waals surface area contributed by atoms with Gasteiger partial charge in [0.1, 0.15) is 27.6 Å². The highest BCUT2D eigenvalue weighted by atomic mass is 35.5. The Kier molecular flexibility index (Phi) is 6.49. The topological polar surface area (TPSA) is 115 Å². The molecule has 0 aliphatic heterocycles. The highest BCUT2D eigenvalue weighted by Gasteiger charge is 2.24. The largest absolute Gasteiger partial charge is 0.462 e. The maximum Gasteiger partial charge on any atom is 0.358 e. The number of nitrogens with zero attached hydrogens (tertiary/aromatic N) is 2. The van der Waals surface area contributed by atoms with E-state index in [9.17, 15) is 14.9 Å². The van der Waals surface area contributed by atoms with Gasteiger partial charge in [0.25, 0.3) is 0 Å². The van der Waals surface area contributed by atoms with E-state index in [1.165, 1.54) is 11.3 Å². The molecule has 29 heavy (non-hydrogen) atoms. The van der Waals surface area contributed by atoms with Gasteiger partial charge in [-0.1, -0.05) is 23.7 Å². The van der Waals surface area contributed by atoms with E-state index in [-0.39, 0.29) is 39.9 Å². The van der Waals surface area contributed by atoms with Crippen LogP contribution in [0, 0.1) is 11.3 Å². The van der Waals surface area contributed by atoms with Crippen molar-refractivity contribution in [3.8, 4) is 16.6 Å². The SMILES string of the molecule is CCOC(=O)c1sc(N)c(C#N)c1COC(=O)c1csc(-c2cccc(Cl)c2)n1. The third-order valence-electron chi connectivity index (χ3n) is 3.74. The first-order chi connectivity index (χ1) is 13.9. The summed E-state index contributed by atoms with van der Waals surface area (Å²) in [5.74, 6) is -1.30. The molecule has 0 spiro atoms. The van der Waals surface area contributed by atoms with Crippen LogP contribution in [0.3, 0.4) is 0 Å². The molecule has 0 aliphatic carbocycles. The summed E-state index contributed by atoms with van der Waals surface area (Å²) in [4.78, 5) is 28.9. The van der Waals surface area contributed by atoms with Gasteiger partial charge < -0.3 is 15.2 Å². The minimum atomic E-state index is -0.682. The van der Waals surface area contributed by atoms with Crippen molar-refractivity contribution >= 4 is 51.2 Å². The number of nitrogens with two attached hydrogens (primary N) is 1. The number of benzene rings is 1.